The van der Waals surface area contributed by atoms with Gasteiger partial charge < -0.3 is 15.5 Å². The molecule has 3 heterocycles. The van der Waals surface area contributed by atoms with Crippen LogP contribution in [0.15, 0.2) is 48.5 Å². The second-order valence-electron chi connectivity index (χ2n) is 9.38. The molecule has 158 valence electrons. The maximum Gasteiger partial charge on any atom is 0.233 e. The minimum absolute atomic E-state index is 0.0332. The Morgan fingerprint density at radius 3 is 2.73 bits per heavy atom. The molecule has 1 amide bonds. The van der Waals surface area contributed by atoms with Crippen molar-refractivity contribution in [1.82, 2.24) is 4.90 Å². The van der Waals surface area contributed by atoms with Crippen LogP contribution in [-0.4, -0.2) is 37.0 Å². The number of carbonyl (C=O) groups is 1. The number of amides is 1. The Bertz CT molecular complexity index is 912. The largest absolute Gasteiger partial charge is 0.345 e. The van der Waals surface area contributed by atoms with Crippen molar-refractivity contribution in [2.75, 3.05) is 26.2 Å². The summed E-state index contributed by atoms with van der Waals surface area (Å²) in [6.45, 7) is 7.18. The van der Waals surface area contributed by atoms with Crippen molar-refractivity contribution in [3.05, 3.63) is 70.8 Å². The predicted octanol–water partition coefficient (Wildman–Crippen LogP) is 1.51. The number of nitrogens with two attached hydrogens (primary N) is 2. The maximum atomic E-state index is 14.1. The molecule has 4 heteroatoms. The Kier molecular flexibility index (Phi) is 5.38. The van der Waals surface area contributed by atoms with Crippen molar-refractivity contribution < 1.29 is 15.4 Å². The molecule has 0 radical (unpaired) electrons. The maximum absolute atomic E-state index is 14.1. The van der Waals surface area contributed by atoms with E-state index in [1.165, 1.54) is 28.7 Å². The fourth-order valence-electron chi connectivity index (χ4n) is 6.41. The van der Waals surface area contributed by atoms with Crippen molar-refractivity contribution in [3.63, 3.8) is 0 Å². The Morgan fingerprint density at radius 2 is 1.90 bits per heavy atom. The van der Waals surface area contributed by atoms with Crippen LogP contribution in [0.5, 0.6) is 0 Å². The topological polar surface area (TPSA) is 53.5 Å². The molecule has 0 aromatic heterocycles. The van der Waals surface area contributed by atoms with Gasteiger partial charge in [-0.3, -0.25) is 4.79 Å². The van der Waals surface area contributed by atoms with Crippen LogP contribution in [0.3, 0.4) is 0 Å². The summed E-state index contributed by atoms with van der Waals surface area (Å²) in [5, 5.41) is 4.84. The average Bonchev–Trinajstić information content (AvgIpc) is 3.23. The van der Waals surface area contributed by atoms with E-state index in [-0.39, 0.29) is 17.4 Å². The molecule has 4 nitrogen and oxygen atoms in total. The number of fused-ring (bicyclic) bond motifs is 2. The van der Waals surface area contributed by atoms with Crippen LogP contribution in [0.1, 0.15) is 54.5 Å². The molecule has 1 spiro atoms. The van der Waals surface area contributed by atoms with Crippen LogP contribution in [0.4, 0.5) is 0 Å². The Hall–Kier alpha value is -2.17. The molecule has 0 bridgehead atoms. The summed E-state index contributed by atoms with van der Waals surface area (Å²) in [7, 11) is 0. The highest BCUT2D eigenvalue weighted by atomic mass is 16.2. The highest BCUT2D eigenvalue weighted by Crippen LogP contribution is 2.40. The molecule has 3 aliphatic rings. The lowest BCUT2D eigenvalue weighted by Crippen LogP contribution is -2.91. The van der Waals surface area contributed by atoms with Gasteiger partial charge in [0.1, 0.15) is 17.9 Å². The molecule has 2 saturated heterocycles. The van der Waals surface area contributed by atoms with Gasteiger partial charge in [-0.25, -0.2) is 0 Å². The number of likely N-dealkylation sites (tertiary alicyclic amines) is 1. The number of carbonyl (C=O) groups excluding carboxylic acids is 1. The smallest absolute Gasteiger partial charge is 0.233 e. The molecule has 0 unspecified atom stereocenters. The molecule has 0 aliphatic carbocycles. The van der Waals surface area contributed by atoms with Crippen molar-refractivity contribution in [2.24, 2.45) is 5.92 Å². The van der Waals surface area contributed by atoms with E-state index in [1.807, 2.05) is 0 Å². The summed E-state index contributed by atoms with van der Waals surface area (Å²) in [5.41, 5.74) is 5.68. The third kappa shape index (κ3) is 3.17. The molecule has 2 fully saturated rings. The third-order valence-corrected chi connectivity index (χ3v) is 7.89. The van der Waals surface area contributed by atoms with E-state index in [4.69, 9.17) is 0 Å². The van der Waals surface area contributed by atoms with E-state index in [0.29, 0.717) is 5.91 Å². The molecule has 3 atom stereocenters. The number of piperidine rings is 1. The van der Waals surface area contributed by atoms with Gasteiger partial charge in [0.05, 0.1) is 25.7 Å². The summed E-state index contributed by atoms with van der Waals surface area (Å²) < 4.78 is 0. The lowest BCUT2D eigenvalue weighted by Gasteiger charge is -2.41. The zero-order valence-corrected chi connectivity index (χ0v) is 18.1. The van der Waals surface area contributed by atoms with E-state index in [9.17, 15) is 4.79 Å². The first kappa shape index (κ1) is 19.8. The van der Waals surface area contributed by atoms with Crippen LogP contribution in [0.2, 0.25) is 0 Å². The average molecular weight is 406 g/mol. The van der Waals surface area contributed by atoms with Gasteiger partial charge in [0.15, 0.2) is 0 Å². The van der Waals surface area contributed by atoms with Gasteiger partial charge in [-0.05, 0) is 42.4 Å². The Labute approximate surface area is 180 Å². The van der Waals surface area contributed by atoms with Gasteiger partial charge >= 0.3 is 0 Å². The fraction of sp³-hybridized carbons (Fsp3) is 0.500. The summed E-state index contributed by atoms with van der Waals surface area (Å²) in [4.78, 5) is 16.4. The van der Waals surface area contributed by atoms with E-state index < -0.39 is 0 Å². The summed E-state index contributed by atoms with van der Waals surface area (Å²) in [5.74, 6) is 0.463. The van der Waals surface area contributed by atoms with Crippen molar-refractivity contribution >= 4 is 5.91 Å². The molecule has 3 aliphatic heterocycles. The summed E-state index contributed by atoms with van der Waals surface area (Å²) >= 11 is 0. The number of quaternary nitrogens is 2. The van der Waals surface area contributed by atoms with Crippen LogP contribution < -0.4 is 10.6 Å². The van der Waals surface area contributed by atoms with Gasteiger partial charge in [-0.2, -0.15) is 0 Å². The lowest BCUT2D eigenvalue weighted by molar-refractivity contribution is -0.691. The highest BCUT2D eigenvalue weighted by molar-refractivity contribution is 5.82. The van der Waals surface area contributed by atoms with Crippen LogP contribution in [0, 0.1) is 5.92 Å². The first-order valence-electron chi connectivity index (χ1n) is 11.8. The Morgan fingerprint density at radius 1 is 1.07 bits per heavy atom. The van der Waals surface area contributed by atoms with Crippen molar-refractivity contribution in [1.29, 1.82) is 0 Å². The second kappa shape index (κ2) is 8.16. The minimum Gasteiger partial charge on any atom is -0.345 e. The SMILES string of the molecule is CCc1cccc2c1C[NH2+]C[C@]21C[NH2+]C[C@H]1C(=O)N1CCCC[C@H]1c1ccccc1. The predicted molar refractivity (Wildman–Crippen MR) is 118 cm³/mol. The van der Waals surface area contributed by atoms with Crippen LogP contribution in [-0.2, 0) is 23.2 Å². The number of hydrogen-bond acceptors (Lipinski definition) is 1. The van der Waals surface area contributed by atoms with Gasteiger partial charge in [0.25, 0.3) is 0 Å². The number of rotatable bonds is 3. The van der Waals surface area contributed by atoms with E-state index >= 15 is 0 Å². The number of nitrogens with zero attached hydrogens (tertiary/aromatic N) is 1. The number of benzene rings is 2. The van der Waals surface area contributed by atoms with Gasteiger partial charge in [0.2, 0.25) is 5.91 Å². The number of aryl methyl sites for hydroxylation is 1. The summed E-state index contributed by atoms with van der Waals surface area (Å²) in [6.07, 6.45) is 4.49. The van der Waals surface area contributed by atoms with E-state index in [1.54, 1.807) is 0 Å². The molecule has 30 heavy (non-hydrogen) atoms. The quantitative estimate of drug-likeness (QED) is 0.799. The number of hydrogen-bond donors (Lipinski definition) is 2. The van der Waals surface area contributed by atoms with Crippen LogP contribution in [0.25, 0.3) is 0 Å². The summed E-state index contributed by atoms with van der Waals surface area (Å²) in [6, 6.07) is 17.7. The van der Waals surface area contributed by atoms with Gasteiger partial charge in [-0.1, -0.05) is 55.5 Å². The molecule has 2 aromatic rings. The van der Waals surface area contributed by atoms with Crippen molar-refractivity contribution in [3.8, 4) is 0 Å². The zero-order valence-electron chi connectivity index (χ0n) is 18.1. The minimum atomic E-state index is -0.0332. The monoisotopic (exact) mass is 405 g/mol. The van der Waals surface area contributed by atoms with Crippen LogP contribution >= 0.6 is 0 Å². The van der Waals surface area contributed by atoms with E-state index in [0.717, 1.165) is 52.0 Å². The molecular weight excluding hydrogens is 370 g/mol. The fourth-order valence-corrected chi connectivity index (χ4v) is 6.41. The van der Waals surface area contributed by atoms with E-state index in [2.05, 4.69) is 71.0 Å². The van der Waals surface area contributed by atoms with Gasteiger partial charge in [-0.15, -0.1) is 0 Å². The van der Waals surface area contributed by atoms with Crippen molar-refractivity contribution in [2.45, 2.75) is 50.6 Å². The highest BCUT2D eigenvalue weighted by Gasteiger charge is 2.56. The standard InChI is InChI=1S/C26H33N3O/c1-2-19-11-8-12-22-21(19)15-27-17-26(22)18-28-16-23(26)25(30)29-14-7-6-13-24(29)20-9-4-3-5-10-20/h3-5,8-12,23-24,27-28H,2,6-7,13-18H2,1H3/p+2/t23-,24-,26-/m0/s1. The normalized spacial score (nSPS) is 28.5. The van der Waals surface area contributed by atoms with Gasteiger partial charge in [0, 0.05) is 12.1 Å². The first-order valence-corrected chi connectivity index (χ1v) is 11.8. The molecule has 0 saturated carbocycles. The first-order chi connectivity index (χ1) is 14.7. The lowest BCUT2D eigenvalue weighted by atomic mass is 9.67. The molecular formula is C26H35N3O+2. The molecule has 5 rings (SSSR count). The zero-order chi connectivity index (χ0) is 20.6. The molecule has 4 N–H and O–H groups in total. The molecule has 2 aromatic carbocycles. The second-order valence-corrected chi connectivity index (χ2v) is 9.38. The Balaban J connectivity index is 1.51. The third-order valence-electron chi connectivity index (χ3n) is 7.89.